The standard InChI is InChI=1S/C28H45F3O2/c1-17(7-6-8-24(33)28(29,30)31)19-10-11-20-18-9-12-22-25(2,3)23(32)14-16-27(22,5)21(18)13-15-26(19,20)4/h17,19-20,22-24,32-33H,6-16H2,1-5H3/t17-,19-,20?,22+,23+,24+,26-,27-/m1/s1. The number of aliphatic hydroxyl groups excluding tert-OH is 2. The molecule has 0 spiro atoms. The highest BCUT2D eigenvalue weighted by Crippen LogP contribution is 2.68. The lowest BCUT2D eigenvalue weighted by atomic mass is 9.46. The maximum Gasteiger partial charge on any atom is 0.414 e. The van der Waals surface area contributed by atoms with Gasteiger partial charge in [-0.1, -0.05) is 58.6 Å². The molecule has 0 aromatic carbocycles. The fourth-order valence-electron chi connectivity index (χ4n) is 9.26. The Kier molecular flexibility index (Phi) is 6.61. The van der Waals surface area contributed by atoms with E-state index in [0.717, 1.165) is 32.1 Å². The molecule has 33 heavy (non-hydrogen) atoms. The smallest absolute Gasteiger partial charge is 0.393 e. The van der Waals surface area contributed by atoms with Crippen LogP contribution in [0.3, 0.4) is 0 Å². The lowest BCUT2D eigenvalue weighted by Crippen LogP contribution is -2.53. The van der Waals surface area contributed by atoms with Crippen LogP contribution in [-0.4, -0.2) is 28.6 Å². The van der Waals surface area contributed by atoms with E-state index in [0.29, 0.717) is 30.1 Å². The van der Waals surface area contributed by atoms with E-state index < -0.39 is 12.3 Å². The van der Waals surface area contributed by atoms with Crippen molar-refractivity contribution in [1.29, 1.82) is 0 Å². The van der Waals surface area contributed by atoms with Gasteiger partial charge in [0.05, 0.1) is 6.10 Å². The van der Waals surface area contributed by atoms with Crippen LogP contribution in [0.2, 0.25) is 0 Å². The third-order valence-electron chi connectivity index (χ3n) is 11.2. The first kappa shape index (κ1) is 25.5. The fraction of sp³-hybridized carbons (Fsp3) is 0.929. The summed E-state index contributed by atoms with van der Waals surface area (Å²) in [6, 6.07) is 0. The Morgan fingerprint density at radius 3 is 2.33 bits per heavy atom. The number of halogens is 3. The van der Waals surface area contributed by atoms with Gasteiger partial charge in [-0.2, -0.15) is 13.2 Å². The zero-order valence-corrected chi connectivity index (χ0v) is 21.3. The Labute approximate surface area is 198 Å². The van der Waals surface area contributed by atoms with Crippen molar-refractivity contribution in [3.8, 4) is 0 Å². The topological polar surface area (TPSA) is 40.5 Å². The predicted molar refractivity (Wildman–Crippen MR) is 126 cm³/mol. The number of hydrogen-bond donors (Lipinski definition) is 2. The van der Waals surface area contributed by atoms with Crippen molar-refractivity contribution < 1.29 is 23.4 Å². The van der Waals surface area contributed by atoms with E-state index in [4.69, 9.17) is 0 Å². The summed E-state index contributed by atoms with van der Waals surface area (Å²) in [5, 5.41) is 20.1. The molecule has 4 aliphatic carbocycles. The molecule has 0 radical (unpaired) electrons. The van der Waals surface area contributed by atoms with E-state index in [1.807, 2.05) is 0 Å². The number of fused-ring (bicyclic) bond motifs is 4. The van der Waals surface area contributed by atoms with Gasteiger partial charge in [-0.05, 0) is 97.7 Å². The van der Waals surface area contributed by atoms with Crippen molar-refractivity contribution in [2.75, 3.05) is 0 Å². The number of alkyl halides is 3. The summed E-state index contributed by atoms with van der Waals surface area (Å²) in [5.41, 5.74) is 3.84. The zero-order valence-electron chi connectivity index (χ0n) is 21.3. The molecule has 0 aromatic heterocycles. The molecule has 2 fully saturated rings. The van der Waals surface area contributed by atoms with E-state index in [2.05, 4.69) is 34.6 Å². The van der Waals surface area contributed by atoms with Gasteiger partial charge >= 0.3 is 6.18 Å². The third-order valence-corrected chi connectivity index (χ3v) is 11.2. The Morgan fingerprint density at radius 1 is 0.970 bits per heavy atom. The molecule has 4 aliphatic rings. The van der Waals surface area contributed by atoms with E-state index in [-0.39, 0.29) is 28.8 Å². The minimum Gasteiger partial charge on any atom is -0.393 e. The molecule has 8 atom stereocenters. The molecule has 0 aliphatic heterocycles. The van der Waals surface area contributed by atoms with Crippen molar-refractivity contribution in [1.82, 2.24) is 0 Å². The average Bonchev–Trinajstić information content (AvgIpc) is 3.07. The van der Waals surface area contributed by atoms with Gasteiger partial charge in [0.25, 0.3) is 0 Å². The fourth-order valence-corrected chi connectivity index (χ4v) is 9.26. The molecule has 0 aromatic rings. The summed E-state index contributed by atoms with van der Waals surface area (Å²) < 4.78 is 38.0. The highest BCUT2D eigenvalue weighted by Gasteiger charge is 2.59. The van der Waals surface area contributed by atoms with Gasteiger partial charge in [0, 0.05) is 0 Å². The Morgan fingerprint density at radius 2 is 1.67 bits per heavy atom. The highest BCUT2D eigenvalue weighted by molar-refractivity contribution is 5.35. The van der Waals surface area contributed by atoms with Gasteiger partial charge in [0.1, 0.15) is 6.10 Å². The summed E-state index contributed by atoms with van der Waals surface area (Å²) in [4.78, 5) is 0. The first-order valence-electron chi connectivity index (χ1n) is 13.4. The van der Waals surface area contributed by atoms with Gasteiger partial charge in [0.2, 0.25) is 0 Å². The molecule has 0 heterocycles. The molecular weight excluding hydrogens is 425 g/mol. The van der Waals surface area contributed by atoms with Crippen LogP contribution in [0, 0.1) is 39.9 Å². The second-order valence-corrected chi connectivity index (χ2v) is 13.1. The van der Waals surface area contributed by atoms with Crippen LogP contribution in [-0.2, 0) is 0 Å². The van der Waals surface area contributed by atoms with Crippen molar-refractivity contribution in [2.24, 2.45) is 39.9 Å². The minimum atomic E-state index is -4.50. The lowest BCUT2D eigenvalue weighted by Gasteiger charge is -2.60. The summed E-state index contributed by atoms with van der Waals surface area (Å²) >= 11 is 0. The molecular formula is C28H45F3O2. The molecule has 5 heteroatoms. The van der Waals surface area contributed by atoms with Crippen LogP contribution in [0.25, 0.3) is 0 Å². The normalized spacial score (nSPS) is 42.4. The monoisotopic (exact) mass is 470 g/mol. The van der Waals surface area contributed by atoms with Crippen LogP contribution >= 0.6 is 0 Å². The van der Waals surface area contributed by atoms with Gasteiger partial charge in [-0.3, -0.25) is 0 Å². The molecule has 0 bridgehead atoms. The first-order chi connectivity index (χ1) is 15.2. The van der Waals surface area contributed by atoms with Crippen molar-refractivity contribution in [2.45, 2.75) is 124 Å². The summed E-state index contributed by atoms with van der Waals surface area (Å²) in [6.07, 6.45) is 3.14. The number of rotatable bonds is 5. The maximum atomic E-state index is 12.7. The third kappa shape index (κ3) is 4.11. The molecule has 1 unspecified atom stereocenters. The molecule has 0 saturated heterocycles. The molecule has 2 saturated carbocycles. The first-order valence-corrected chi connectivity index (χ1v) is 13.4. The molecule has 0 amide bonds. The number of aliphatic hydroxyl groups is 2. The quantitative estimate of drug-likeness (QED) is 0.410. The zero-order chi connectivity index (χ0) is 24.4. The van der Waals surface area contributed by atoms with Crippen LogP contribution in [0.5, 0.6) is 0 Å². The lowest BCUT2D eigenvalue weighted by molar-refractivity contribution is -0.205. The minimum absolute atomic E-state index is 0.0417. The summed E-state index contributed by atoms with van der Waals surface area (Å²) in [5.74, 6) is 2.09. The van der Waals surface area contributed by atoms with Gasteiger partial charge in [0.15, 0.2) is 0 Å². The molecule has 2 N–H and O–H groups in total. The average molecular weight is 471 g/mol. The van der Waals surface area contributed by atoms with Crippen molar-refractivity contribution in [3.05, 3.63) is 11.1 Å². The Bertz CT molecular complexity index is 772. The van der Waals surface area contributed by atoms with Crippen LogP contribution < -0.4 is 0 Å². The second-order valence-electron chi connectivity index (χ2n) is 13.1. The second kappa shape index (κ2) is 8.54. The summed E-state index contributed by atoms with van der Waals surface area (Å²) in [6.45, 7) is 11.7. The van der Waals surface area contributed by atoms with Gasteiger partial charge in [-0.15, -0.1) is 0 Å². The van der Waals surface area contributed by atoms with Crippen LogP contribution in [0.1, 0.15) is 105 Å². The Balaban J connectivity index is 1.49. The van der Waals surface area contributed by atoms with Crippen LogP contribution in [0.4, 0.5) is 13.2 Å². The van der Waals surface area contributed by atoms with E-state index in [9.17, 15) is 23.4 Å². The molecule has 2 nitrogen and oxygen atoms in total. The largest absolute Gasteiger partial charge is 0.414 e. The predicted octanol–water partition coefficient (Wildman–Crippen LogP) is 7.44. The number of allylic oxidation sites excluding steroid dienone is 2. The molecule has 4 rings (SSSR count). The van der Waals surface area contributed by atoms with Gasteiger partial charge < -0.3 is 10.2 Å². The number of hydrogen-bond acceptors (Lipinski definition) is 2. The van der Waals surface area contributed by atoms with Crippen molar-refractivity contribution in [3.63, 3.8) is 0 Å². The van der Waals surface area contributed by atoms with Crippen molar-refractivity contribution >= 4 is 0 Å². The van der Waals surface area contributed by atoms with Crippen LogP contribution in [0.15, 0.2) is 11.1 Å². The van der Waals surface area contributed by atoms with Gasteiger partial charge in [-0.25, -0.2) is 0 Å². The Hall–Kier alpha value is -0.550. The van der Waals surface area contributed by atoms with E-state index in [1.165, 1.54) is 25.7 Å². The van der Waals surface area contributed by atoms with E-state index in [1.54, 1.807) is 11.1 Å². The molecule has 190 valence electrons. The maximum absolute atomic E-state index is 12.7. The SMILES string of the molecule is C[C@H](CCC[C@H](O)C(F)(F)F)[C@H]1CCC2C3=C(CC[C@@]21C)[C@@]1(C)CC[C@H](O)C(C)(C)[C@@H]1CC3. The summed E-state index contributed by atoms with van der Waals surface area (Å²) in [7, 11) is 0. The highest BCUT2D eigenvalue weighted by atomic mass is 19.4. The van der Waals surface area contributed by atoms with E-state index >= 15 is 0 Å².